The molecule has 2 aromatic rings. The highest BCUT2D eigenvalue weighted by Crippen LogP contribution is 2.20. The van der Waals surface area contributed by atoms with Gasteiger partial charge >= 0.3 is 0 Å². The second kappa shape index (κ2) is 6.22. The first-order valence-corrected chi connectivity index (χ1v) is 7.50. The van der Waals surface area contributed by atoms with Crippen molar-refractivity contribution in [3.8, 4) is 0 Å². The number of anilines is 1. The fourth-order valence-corrected chi connectivity index (χ4v) is 3.03. The molecule has 0 aliphatic carbocycles. The summed E-state index contributed by atoms with van der Waals surface area (Å²) in [4.78, 5) is 5.28. The van der Waals surface area contributed by atoms with Crippen molar-refractivity contribution in [2.45, 2.75) is 39.9 Å². The van der Waals surface area contributed by atoms with Crippen LogP contribution >= 0.6 is 11.3 Å². The lowest BCUT2D eigenvalue weighted by molar-refractivity contribution is 0.205. The Labute approximate surface area is 119 Å². The van der Waals surface area contributed by atoms with Crippen molar-refractivity contribution >= 4 is 17.0 Å². The predicted molar refractivity (Wildman–Crippen MR) is 84.3 cm³/mol. The average molecular weight is 274 g/mol. The molecule has 1 aromatic carbocycles. The molecule has 1 aromatic heterocycles. The molecule has 2 N–H and O–H groups in total. The van der Waals surface area contributed by atoms with Crippen LogP contribution in [0.4, 0.5) is 5.69 Å². The molecule has 2 rings (SSSR count). The van der Waals surface area contributed by atoms with E-state index in [9.17, 15) is 0 Å². The molecule has 0 amide bonds. The summed E-state index contributed by atoms with van der Waals surface area (Å²) >= 11 is 1.88. The van der Waals surface area contributed by atoms with E-state index >= 15 is 0 Å². The Balaban J connectivity index is 2.08. The van der Waals surface area contributed by atoms with E-state index in [0.717, 1.165) is 18.8 Å². The van der Waals surface area contributed by atoms with Crippen LogP contribution in [0.5, 0.6) is 0 Å². The van der Waals surface area contributed by atoms with Gasteiger partial charge in [-0.2, -0.15) is 0 Å². The molecular weight excluding hydrogens is 252 g/mol. The molecule has 3 heteroatoms. The van der Waals surface area contributed by atoms with Gasteiger partial charge in [-0.3, -0.25) is 4.90 Å². The predicted octanol–water partition coefficient (Wildman–Crippen LogP) is 4.05. The zero-order valence-corrected chi connectivity index (χ0v) is 12.7. The van der Waals surface area contributed by atoms with E-state index in [1.54, 1.807) is 0 Å². The van der Waals surface area contributed by atoms with Crippen LogP contribution < -0.4 is 5.73 Å². The van der Waals surface area contributed by atoms with Gasteiger partial charge in [0.05, 0.1) is 0 Å². The van der Waals surface area contributed by atoms with Gasteiger partial charge in [0.25, 0.3) is 0 Å². The first-order chi connectivity index (χ1) is 9.04. The Morgan fingerprint density at radius 2 is 1.95 bits per heavy atom. The van der Waals surface area contributed by atoms with Crippen molar-refractivity contribution in [2.75, 3.05) is 5.73 Å². The molecule has 0 radical (unpaired) electrons. The summed E-state index contributed by atoms with van der Waals surface area (Å²) in [5.41, 5.74) is 7.97. The first-order valence-electron chi connectivity index (χ1n) is 6.68. The quantitative estimate of drug-likeness (QED) is 0.833. The lowest BCUT2D eigenvalue weighted by Gasteiger charge is -2.26. The molecule has 0 saturated heterocycles. The molecule has 0 aliphatic heterocycles. The van der Waals surface area contributed by atoms with Crippen molar-refractivity contribution in [3.05, 3.63) is 51.7 Å². The number of thiophene rings is 1. The van der Waals surface area contributed by atoms with Crippen molar-refractivity contribution in [1.29, 1.82) is 0 Å². The average Bonchev–Trinajstić information content (AvgIpc) is 2.74. The van der Waals surface area contributed by atoms with Crippen LogP contribution in [-0.4, -0.2) is 10.9 Å². The second-order valence-electron chi connectivity index (χ2n) is 5.26. The van der Waals surface area contributed by atoms with Crippen LogP contribution in [0.1, 0.15) is 29.2 Å². The van der Waals surface area contributed by atoms with E-state index in [-0.39, 0.29) is 0 Å². The highest BCUT2D eigenvalue weighted by atomic mass is 32.1. The van der Waals surface area contributed by atoms with Gasteiger partial charge < -0.3 is 5.73 Å². The SMILES string of the molecule is Cc1ccc(CN(Cc2cccc(N)c2)C(C)C)s1. The largest absolute Gasteiger partial charge is 0.399 e. The molecule has 1 heterocycles. The number of nitrogens with two attached hydrogens (primary N) is 1. The number of hydrogen-bond donors (Lipinski definition) is 1. The minimum atomic E-state index is 0.517. The minimum absolute atomic E-state index is 0.517. The molecule has 19 heavy (non-hydrogen) atoms. The zero-order chi connectivity index (χ0) is 13.8. The molecule has 0 aliphatic rings. The van der Waals surface area contributed by atoms with Crippen LogP contribution in [0.2, 0.25) is 0 Å². The van der Waals surface area contributed by atoms with Gasteiger partial charge in [-0.15, -0.1) is 11.3 Å². The molecule has 0 saturated carbocycles. The standard InChI is InChI=1S/C16H22N2S/c1-12(2)18(11-16-8-7-13(3)19-16)10-14-5-4-6-15(17)9-14/h4-9,12H,10-11,17H2,1-3H3. The number of nitrogens with zero attached hydrogens (tertiary/aromatic N) is 1. The minimum Gasteiger partial charge on any atom is -0.399 e. The van der Waals surface area contributed by atoms with Crippen LogP contribution in [-0.2, 0) is 13.1 Å². The van der Waals surface area contributed by atoms with Gasteiger partial charge in [0.2, 0.25) is 0 Å². The normalized spacial score (nSPS) is 11.4. The highest BCUT2D eigenvalue weighted by molar-refractivity contribution is 7.11. The molecular formula is C16H22N2S. The molecule has 2 nitrogen and oxygen atoms in total. The van der Waals surface area contributed by atoms with Gasteiger partial charge in [-0.1, -0.05) is 12.1 Å². The summed E-state index contributed by atoms with van der Waals surface area (Å²) in [5.74, 6) is 0. The highest BCUT2D eigenvalue weighted by Gasteiger charge is 2.12. The van der Waals surface area contributed by atoms with Crippen LogP contribution in [0.15, 0.2) is 36.4 Å². The van der Waals surface area contributed by atoms with Crippen molar-refractivity contribution in [1.82, 2.24) is 4.90 Å². The summed E-state index contributed by atoms with van der Waals surface area (Å²) in [6.45, 7) is 8.59. The maximum Gasteiger partial charge on any atom is 0.0334 e. The molecule has 0 bridgehead atoms. The van der Waals surface area contributed by atoms with Gasteiger partial charge in [0.1, 0.15) is 0 Å². The summed E-state index contributed by atoms with van der Waals surface area (Å²) in [6.07, 6.45) is 0. The number of rotatable bonds is 5. The topological polar surface area (TPSA) is 29.3 Å². The van der Waals surface area contributed by atoms with E-state index < -0.39 is 0 Å². The Morgan fingerprint density at radius 1 is 1.16 bits per heavy atom. The lowest BCUT2D eigenvalue weighted by Crippen LogP contribution is -2.29. The first kappa shape index (κ1) is 14.1. The van der Waals surface area contributed by atoms with E-state index in [4.69, 9.17) is 5.73 Å². The summed E-state index contributed by atoms with van der Waals surface area (Å²) in [7, 11) is 0. The second-order valence-corrected chi connectivity index (χ2v) is 6.63. The van der Waals surface area contributed by atoms with Crippen molar-refractivity contribution in [2.24, 2.45) is 0 Å². The number of benzene rings is 1. The van der Waals surface area contributed by atoms with E-state index in [0.29, 0.717) is 6.04 Å². The fraction of sp³-hybridized carbons (Fsp3) is 0.375. The Kier molecular flexibility index (Phi) is 4.61. The molecule has 0 fully saturated rings. The van der Waals surface area contributed by atoms with E-state index in [1.165, 1.54) is 15.3 Å². The van der Waals surface area contributed by atoms with E-state index in [1.807, 2.05) is 23.5 Å². The van der Waals surface area contributed by atoms with Gasteiger partial charge in [0, 0.05) is 34.6 Å². The van der Waals surface area contributed by atoms with Gasteiger partial charge in [-0.25, -0.2) is 0 Å². The fourth-order valence-electron chi connectivity index (χ4n) is 2.12. The van der Waals surface area contributed by atoms with Crippen LogP contribution in [0.3, 0.4) is 0 Å². The Morgan fingerprint density at radius 3 is 2.53 bits per heavy atom. The smallest absolute Gasteiger partial charge is 0.0334 e. The summed E-state index contributed by atoms with van der Waals surface area (Å²) in [5, 5.41) is 0. The third-order valence-electron chi connectivity index (χ3n) is 3.22. The zero-order valence-electron chi connectivity index (χ0n) is 11.9. The number of hydrogen-bond acceptors (Lipinski definition) is 3. The maximum absolute atomic E-state index is 5.85. The molecule has 0 atom stereocenters. The lowest BCUT2D eigenvalue weighted by atomic mass is 10.1. The number of aryl methyl sites for hydroxylation is 1. The third-order valence-corrected chi connectivity index (χ3v) is 4.21. The van der Waals surface area contributed by atoms with Crippen molar-refractivity contribution < 1.29 is 0 Å². The van der Waals surface area contributed by atoms with Crippen molar-refractivity contribution in [3.63, 3.8) is 0 Å². The van der Waals surface area contributed by atoms with Crippen LogP contribution in [0, 0.1) is 6.92 Å². The maximum atomic E-state index is 5.85. The van der Waals surface area contributed by atoms with Gasteiger partial charge in [0.15, 0.2) is 0 Å². The Hall–Kier alpha value is -1.32. The molecule has 0 unspecified atom stereocenters. The number of nitrogen functional groups attached to an aromatic ring is 1. The molecule has 0 spiro atoms. The van der Waals surface area contributed by atoms with Gasteiger partial charge in [-0.05, 0) is 50.6 Å². The summed E-state index contributed by atoms with van der Waals surface area (Å²) in [6, 6.07) is 13.1. The third kappa shape index (κ3) is 4.08. The summed E-state index contributed by atoms with van der Waals surface area (Å²) < 4.78 is 0. The van der Waals surface area contributed by atoms with Crippen LogP contribution in [0.25, 0.3) is 0 Å². The molecule has 102 valence electrons. The van der Waals surface area contributed by atoms with E-state index in [2.05, 4.69) is 49.9 Å². The monoisotopic (exact) mass is 274 g/mol. The Bertz CT molecular complexity index is 531.